The number of nitrogens with zero attached hydrogens (tertiary/aromatic N) is 5. The third kappa shape index (κ3) is 4.76. The van der Waals surface area contributed by atoms with Gasteiger partial charge in [0.05, 0.1) is 5.39 Å². The van der Waals surface area contributed by atoms with Gasteiger partial charge < -0.3 is 16.0 Å². The lowest BCUT2D eigenvalue weighted by Crippen LogP contribution is -2.49. The molecule has 2 aliphatic heterocycles. The average Bonchev–Trinajstić information content (AvgIpc) is 3.13. The summed E-state index contributed by atoms with van der Waals surface area (Å²) in [6, 6.07) is 12.9. The van der Waals surface area contributed by atoms with Gasteiger partial charge >= 0.3 is 0 Å². The zero-order valence-electron chi connectivity index (χ0n) is 21.0. The molecule has 36 heavy (non-hydrogen) atoms. The van der Waals surface area contributed by atoms with E-state index in [4.69, 9.17) is 4.98 Å². The standard InChI is InChI=1S/C27H32N8.ClH/c1-17-5-4-6-18(2)24(17)31-25-23-14-29-27(32-26(23)34(3)33-25)30-22-8-7-20-9-10-35(16-21(20)11-22)15-19-12-28-13-19;/h4-8,11,14,19,28H,9-10,12-13,15-16H2,1-3H3,(H,31,33)(H,29,30,32);1H. The lowest BCUT2D eigenvalue weighted by molar-refractivity contribution is 0.180. The second-order valence-corrected chi connectivity index (χ2v) is 9.91. The fraction of sp³-hybridized carbons (Fsp3) is 0.370. The maximum absolute atomic E-state index is 4.78. The number of benzene rings is 2. The monoisotopic (exact) mass is 504 g/mol. The van der Waals surface area contributed by atoms with Crippen LogP contribution < -0.4 is 16.0 Å². The summed E-state index contributed by atoms with van der Waals surface area (Å²) in [6.07, 6.45) is 2.96. The van der Waals surface area contributed by atoms with Crippen molar-refractivity contribution in [2.24, 2.45) is 13.0 Å². The van der Waals surface area contributed by atoms with E-state index in [1.807, 2.05) is 13.2 Å². The van der Waals surface area contributed by atoms with Crippen LogP contribution in [0.3, 0.4) is 0 Å². The number of aromatic nitrogens is 4. The van der Waals surface area contributed by atoms with E-state index in [0.29, 0.717) is 5.95 Å². The minimum Gasteiger partial charge on any atom is -0.338 e. The smallest absolute Gasteiger partial charge is 0.229 e. The van der Waals surface area contributed by atoms with Crippen LogP contribution in [-0.2, 0) is 20.0 Å². The van der Waals surface area contributed by atoms with Crippen LogP contribution in [0.4, 0.5) is 23.1 Å². The Kier molecular flexibility index (Phi) is 6.83. The summed E-state index contributed by atoms with van der Waals surface area (Å²) in [5.41, 5.74) is 8.09. The molecule has 1 fully saturated rings. The highest BCUT2D eigenvalue weighted by Crippen LogP contribution is 2.29. The molecule has 0 atom stereocenters. The van der Waals surface area contributed by atoms with E-state index in [1.165, 1.54) is 28.8 Å². The van der Waals surface area contributed by atoms with Crippen LogP contribution in [-0.4, -0.2) is 50.8 Å². The minimum atomic E-state index is 0. The van der Waals surface area contributed by atoms with E-state index in [9.17, 15) is 0 Å². The van der Waals surface area contributed by atoms with Gasteiger partial charge in [0.1, 0.15) is 0 Å². The van der Waals surface area contributed by atoms with E-state index < -0.39 is 0 Å². The summed E-state index contributed by atoms with van der Waals surface area (Å²) < 4.78 is 1.80. The van der Waals surface area contributed by atoms with E-state index in [-0.39, 0.29) is 12.4 Å². The number of anilines is 4. The molecule has 0 radical (unpaired) electrons. The van der Waals surface area contributed by atoms with Gasteiger partial charge in [0, 0.05) is 57.3 Å². The highest BCUT2D eigenvalue weighted by molar-refractivity contribution is 5.90. The molecule has 188 valence electrons. The number of halogens is 1. The number of hydrogen-bond acceptors (Lipinski definition) is 7. The molecule has 0 aliphatic carbocycles. The SMILES string of the molecule is Cc1cccc(C)c1Nc1nn(C)c2nc(Nc3ccc4c(c3)CN(CC3CNC3)CC4)ncc12.Cl. The quantitative estimate of drug-likeness (QED) is 0.357. The van der Waals surface area contributed by atoms with Gasteiger partial charge in [-0.3, -0.25) is 4.90 Å². The van der Waals surface area contributed by atoms with Crippen LogP contribution in [0, 0.1) is 19.8 Å². The van der Waals surface area contributed by atoms with Gasteiger partial charge in [-0.2, -0.15) is 10.1 Å². The summed E-state index contributed by atoms with van der Waals surface area (Å²) >= 11 is 0. The molecule has 2 aromatic heterocycles. The van der Waals surface area contributed by atoms with E-state index in [1.54, 1.807) is 4.68 Å². The normalized spacial score (nSPS) is 15.8. The lowest BCUT2D eigenvalue weighted by atomic mass is 9.96. The minimum absolute atomic E-state index is 0. The highest BCUT2D eigenvalue weighted by Gasteiger charge is 2.23. The van der Waals surface area contributed by atoms with Crippen LogP contribution in [0.25, 0.3) is 11.0 Å². The molecule has 1 saturated heterocycles. The Morgan fingerprint density at radius 3 is 2.61 bits per heavy atom. The summed E-state index contributed by atoms with van der Waals surface area (Å²) in [5.74, 6) is 2.14. The summed E-state index contributed by atoms with van der Waals surface area (Å²) in [5, 5.41) is 15.9. The Bertz CT molecular complexity index is 1370. The van der Waals surface area contributed by atoms with Crippen molar-refractivity contribution < 1.29 is 0 Å². The second-order valence-electron chi connectivity index (χ2n) is 9.91. The molecule has 9 heteroatoms. The van der Waals surface area contributed by atoms with Crippen LogP contribution in [0.15, 0.2) is 42.6 Å². The van der Waals surface area contributed by atoms with Crippen molar-refractivity contribution >= 4 is 46.6 Å². The fourth-order valence-corrected chi connectivity index (χ4v) is 5.14. The van der Waals surface area contributed by atoms with Crippen molar-refractivity contribution in [3.8, 4) is 0 Å². The van der Waals surface area contributed by atoms with Crippen molar-refractivity contribution in [3.63, 3.8) is 0 Å². The third-order valence-corrected chi connectivity index (χ3v) is 7.24. The Hall–Kier alpha value is -3.20. The molecule has 0 spiro atoms. The molecule has 0 saturated carbocycles. The zero-order valence-corrected chi connectivity index (χ0v) is 21.8. The van der Waals surface area contributed by atoms with E-state index in [2.05, 4.69) is 81.2 Å². The second kappa shape index (κ2) is 10.0. The molecular formula is C27H33ClN8. The zero-order chi connectivity index (χ0) is 23.9. The number of aryl methyl sites for hydroxylation is 3. The molecule has 0 bridgehead atoms. The number of hydrogen-bond donors (Lipinski definition) is 3. The summed E-state index contributed by atoms with van der Waals surface area (Å²) in [7, 11) is 1.92. The predicted molar refractivity (Wildman–Crippen MR) is 148 cm³/mol. The van der Waals surface area contributed by atoms with Gasteiger partial charge in [-0.05, 0) is 60.6 Å². The van der Waals surface area contributed by atoms with Gasteiger partial charge in [-0.25, -0.2) is 9.67 Å². The maximum atomic E-state index is 4.78. The van der Waals surface area contributed by atoms with Gasteiger partial charge in [-0.1, -0.05) is 24.3 Å². The highest BCUT2D eigenvalue weighted by atomic mass is 35.5. The molecule has 6 rings (SSSR count). The van der Waals surface area contributed by atoms with E-state index >= 15 is 0 Å². The fourth-order valence-electron chi connectivity index (χ4n) is 5.14. The molecule has 4 heterocycles. The predicted octanol–water partition coefficient (Wildman–Crippen LogP) is 4.47. The van der Waals surface area contributed by atoms with Gasteiger partial charge in [0.25, 0.3) is 0 Å². The Labute approximate surface area is 217 Å². The molecule has 3 N–H and O–H groups in total. The van der Waals surface area contributed by atoms with Crippen LogP contribution in [0.1, 0.15) is 22.3 Å². The van der Waals surface area contributed by atoms with Crippen LogP contribution in [0.2, 0.25) is 0 Å². The Morgan fingerprint density at radius 2 is 1.86 bits per heavy atom. The molecule has 2 aliphatic rings. The number of nitrogens with one attached hydrogen (secondary N) is 3. The van der Waals surface area contributed by atoms with Crippen molar-refractivity contribution in [1.82, 2.24) is 30.0 Å². The first-order chi connectivity index (χ1) is 17.0. The van der Waals surface area contributed by atoms with Crippen LogP contribution >= 0.6 is 12.4 Å². The van der Waals surface area contributed by atoms with Crippen molar-refractivity contribution in [1.29, 1.82) is 0 Å². The van der Waals surface area contributed by atoms with Gasteiger partial charge in [0.2, 0.25) is 5.95 Å². The lowest BCUT2D eigenvalue weighted by Gasteiger charge is -2.36. The average molecular weight is 505 g/mol. The summed E-state index contributed by atoms with van der Waals surface area (Å²) in [6.45, 7) is 9.85. The molecule has 8 nitrogen and oxygen atoms in total. The van der Waals surface area contributed by atoms with Gasteiger partial charge in [0.15, 0.2) is 11.5 Å². The first kappa shape index (κ1) is 24.5. The third-order valence-electron chi connectivity index (χ3n) is 7.24. The molecule has 0 amide bonds. The number of para-hydroxylation sites is 1. The van der Waals surface area contributed by atoms with E-state index in [0.717, 1.165) is 66.7 Å². The van der Waals surface area contributed by atoms with Gasteiger partial charge in [-0.15, -0.1) is 12.4 Å². The molecule has 4 aromatic rings. The Balaban J connectivity index is 0.00000267. The largest absolute Gasteiger partial charge is 0.338 e. The molecule has 2 aromatic carbocycles. The van der Waals surface area contributed by atoms with Crippen molar-refractivity contribution in [2.45, 2.75) is 26.8 Å². The Morgan fingerprint density at radius 1 is 1.06 bits per heavy atom. The number of fused-ring (bicyclic) bond motifs is 2. The first-order valence-corrected chi connectivity index (χ1v) is 12.4. The summed E-state index contributed by atoms with van der Waals surface area (Å²) in [4.78, 5) is 12.0. The maximum Gasteiger partial charge on any atom is 0.229 e. The topological polar surface area (TPSA) is 82.9 Å². The first-order valence-electron chi connectivity index (χ1n) is 12.4. The van der Waals surface area contributed by atoms with Crippen molar-refractivity contribution in [2.75, 3.05) is 36.8 Å². The van der Waals surface area contributed by atoms with Crippen LogP contribution in [0.5, 0.6) is 0 Å². The van der Waals surface area contributed by atoms with Crippen molar-refractivity contribution in [3.05, 3.63) is 64.8 Å². The molecular weight excluding hydrogens is 472 g/mol. The number of rotatable bonds is 6. The molecule has 0 unspecified atom stereocenters.